The van der Waals surface area contributed by atoms with Crippen molar-refractivity contribution < 1.29 is 0 Å². The predicted octanol–water partition coefficient (Wildman–Crippen LogP) is 1.96. The Morgan fingerprint density at radius 1 is 1.12 bits per heavy atom. The molecule has 0 aromatic carbocycles. The van der Waals surface area contributed by atoms with Crippen molar-refractivity contribution in [2.24, 2.45) is 0 Å². The van der Waals surface area contributed by atoms with Gasteiger partial charge < -0.3 is 9.80 Å². The van der Waals surface area contributed by atoms with Gasteiger partial charge in [-0.25, -0.2) is 0 Å². The lowest BCUT2D eigenvalue weighted by molar-refractivity contribution is 0.400. The molecule has 1 aromatic rings. The standard InChI is InChI=1S/C10H17Cl2N5/c1-4-17(7-5-6-16(2)3)9-8(11)14-15-10(12)13-9/h4-7H2,1-3H3. The van der Waals surface area contributed by atoms with Crippen molar-refractivity contribution in [1.29, 1.82) is 0 Å². The molecule has 1 aromatic heterocycles. The molecule has 0 radical (unpaired) electrons. The molecule has 1 heterocycles. The highest BCUT2D eigenvalue weighted by Gasteiger charge is 2.13. The molecule has 0 amide bonds. The molecule has 96 valence electrons. The summed E-state index contributed by atoms with van der Waals surface area (Å²) in [6, 6.07) is 0. The maximum Gasteiger partial charge on any atom is 0.245 e. The van der Waals surface area contributed by atoms with Crippen molar-refractivity contribution in [3.8, 4) is 0 Å². The summed E-state index contributed by atoms with van der Waals surface area (Å²) in [5.41, 5.74) is 0. The van der Waals surface area contributed by atoms with E-state index in [0.717, 1.165) is 26.1 Å². The third-order valence-electron chi connectivity index (χ3n) is 2.32. The van der Waals surface area contributed by atoms with Gasteiger partial charge in [0.05, 0.1) is 0 Å². The summed E-state index contributed by atoms with van der Waals surface area (Å²) >= 11 is 11.7. The summed E-state index contributed by atoms with van der Waals surface area (Å²) in [6.07, 6.45) is 1.03. The number of rotatable bonds is 6. The van der Waals surface area contributed by atoms with Crippen molar-refractivity contribution in [2.75, 3.05) is 38.6 Å². The van der Waals surface area contributed by atoms with Gasteiger partial charge in [0.1, 0.15) is 0 Å². The van der Waals surface area contributed by atoms with Crippen LogP contribution in [0.5, 0.6) is 0 Å². The van der Waals surface area contributed by atoms with E-state index in [1.54, 1.807) is 0 Å². The van der Waals surface area contributed by atoms with E-state index in [9.17, 15) is 0 Å². The van der Waals surface area contributed by atoms with Crippen LogP contribution >= 0.6 is 23.2 Å². The van der Waals surface area contributed by atoms with Gasteiger partial charge in [-0.15, -0.1) is 10.2 Å². The van der Waals surface area contributed by atoms with Crippen LogP contribution in [0.4, 0.5) is 5.82 Å². The lowest BCUT2D eigenvalue weighted by Crippen LogP contribution is -2.28. The van der Waals surface area contributed by atoms with E-state index >= 15 is 0 Å². The van der Waals surface area contributed by atoms with E-state index < -0.39 is 0 Å². The number of nitrogens with zero attached hydrogens (tertiary/aromatic N) is 5. The zero-order valence-electron chi connectivity index (χ0n) is 10.3. The van der Waals surface area contributed by atoms with Crippen molar-refractivity contribution in [2.45, 2.75) is 13.3 Å². The Bertz CT molecular complexity index is 359. The molecule has 0 N–H and O–H groups in total. The van der Waals surface area contributed by atoms with Crippen LogP contribution in [-0.2, 0) is 0 Å². The van der Waals surface area contributed by atoms with Crippen LogP contribution in [0.3, 0.4) is 0 Å². The molecule has 0 aliphatic rings. The molecule has 0 saturated heterocycles. The summed E-state index contributed by atoms with van der Waals surface area (Å²) < 4.78 is 0. The van der Waals surface area contributed by atoms with Gasteiger partial charge in [0.25, 0.3) is 0 Å². The van der Waals surface area contributed by atoms with E-state index in [1.807, 2.05) is 25.9 Å². The summed E-state index contributed by atoms with van der Waals surface area (Å²) in [4.78, 5) is 8.30. The number of aromatic nitrogens is 3. The fourth-order valence-corrected chi connectivity index (χ4v) is 1.80. The minimum absolute atomic E-state index is 0.121. The molecule has 0 bridgehead atoms. The maximum atomic E-state index is 5.96. The van der Waals surface area contributed by atoms with E-state index in [-0.39, 0.29) is 5.28 Å². The monoisotopic (exact) mass is 277 g/mol. The number of anilines is 1. The molecule has 0 fully saturated rings. The van der Waals surface area contributed by atoms with Gasteiger partial charge in [0.2, 0.25) is 5.28 Å². The Labute approximate surface area is 112 Å². The molecule has 0 unspecified atom stereocenters. The Hall–Kier alpha value is -0.650. The fourth-order valence-electron chi connectivity index (χ4n) is 1.48. The summed E-state index contributed by atoms with van der Waals surface area (Å²) in [5, 5.41) is 7.78. The zero-order chi connectivity index (χ0) is 12.8. The van der Waals surface area contributed by atoms with E-state index in [1.165, 1.54) is 0 Å². The average Bonchev–Trinajstić information content (AvgIpc) is 2.28. The highest BCUT2D eigenvalue weighted by molar-refractivity contribution is 6.32. The molecule has 0 atom stereocenters. The fraction of sp³-hybridized carbons (Fsp3) is 0.700. The molecule has 0 aliphatic carbocycles. The molecular weight excluding hydrogens is 261 g/mol. The van der Waals surface area contributed by atoms with Gasteiger partial charge in [-0.2, -0.15) is 4.98 Å². The first-order valence-electron chi connectivity index (χ1n) is 5.50. The normalized spacial score (nSPS) is 10.9. The van der Waals surface area contributed by atoms with Gasteiger partial charge in [-0.1, -0.05) is 11.6 Å². The Morgan fingerprint density at radius 2 is 1.82 bits per heavy atom. The molecule has 0 saturated carbocycles. The minimum Gasteiger partial charge on any atom is -0.354 e. The molecule has 0 aliphatic heterocycles. The predicted molar refractivity (Wildman–Crippen MR) is 70.9 cm³/mol. The summed E-state index contributed by atoms with van der Waals surface area (Å²) in [6.45, 7) is 4.73. The van der Waals surface area contributed by atoms with Gasteiger partial charge in [-0.3, -0.25) is 0 Å². The molecular formula is C10H17Cl2N5. The average molecular weight is 278 g/mol. The lowest BCUT2D eigenvalue weighted by Gasteiger charge is -2.22. The molecule has 0 spiro atoms. The molecule has 1 rings (SSSR count). The first-order chi connectivity index (χ1) is 8.04. The van der Waals surface area contributed by atoms with Crippen LogP contribution in [0.2, 0.25) is 10.4 Å². The van der Waals surface area contributed by atoms with Crippen LogP contribution in [0, 0.1) is 0 Å². The topological polar surface area (TPSA) is 45.2 Å². The quantitative estimate of drug-likeness (QED) is 0.796. The van der Waals surface area contributed by atoms with Crippen LogP contribution in [0.15, 0.2) is 0 Å². The number of hydrogen-bond donors (Lipinski definition) is 0. The van der Waals surface area contributed by atoms with E-state index in [2.05, 4.69) is 20.1 Å². The minimum atomic E-state index is 0.121. The second-order valence-electron chi connectivity index (χ2n) is 3.93. The van der Waals surface area contributed by atoms with Crippen LogP contribution in [0.25, 0.3) is 0 Å². The zero-order valence-corrected chi connectivity index (χ0v) is 11.8. The highest BCUT2D eigenvalue weighted by Crippen LogP contribution is 2.21. The lowest BCUT2D eigenvalue weighted by atomic mass is 10.3. The Morgan fingerprint density at radius 3 is 2.41 bits per heavy atom. The van der Waals surface area contributed by atoms with Crippen LogP contribution in [-0.4, -0.2) is 53.8 Å². The molecule has 5 nitrogen and oxygen atoms in total. The first kappa shape index (κ1) is 14.4. The Kier molecular flexibility index (Phi) is 5.88. The van der Waals surface area contributed by atoms with Crippen molar-refractivity contribution in [3.05, 3.63) is 10.4 Å². The van der Waals surface area contributed by atoms with Crippen LogP contribution in [0.1, 0.15) is 13.3 Å². The molecule has 7 heteroatoms. The van der Waals surface area contributed by atoms with Gasteiger partial charge >= 0.3 is 0 Å². The largest absolute Gasteiger partial charge is 0.354 e. The first-order valence-corrected chi connectivity index (χ1v) is 6.25. The van der Waals surface area contributed by atoms with E-state index in [4.69, 9.17) is 23.2 Å². The summed E-state index contributed by atoms with van der Waals surface area (Å²) in [5.74, 6) is 0.605. The summed E-state index contributed by atoms with van der Waals surface area (Å²) in [7, 11) is 4.10. The van der Waals surface area contributed by atoms with Gasteiger partial charge in [0, 0.05) is 13.1 Å². The van der Waals surface area contributed by atoms with E-state index in [0.29, 0.717) is 11.0 Å². The Balaban J connectivity index is 2.68. The third kappa shape index (κ3) is 4.61. The SMILES string of the molecule is CCN(CCCN(C)C)c1nc(Cl)nnc1Cl. The highest BCUT2D eigenvalue weighted by atomic mass is 35.5. The smallest absolute Gasteiger partial charge is 0.245 e. The second kappa shape index (κ2) is 6.93. The van der Waals surface area contributed by atoms with Crippen molar-refractivity contribution in [1.82, 2.24) is 20.1 Å². The van der Waals surface area contributed by atoms with Gasteiger partial charge in [-0.05, 0) is 45.6 Å². The third-order valence-corrected chi connectivity index (χ3v) is 2.72. The van der Waals surface area contributed by atoms with Gasteiger partial charge in [0.15, 0.2) is 11.0 Å². The maximum absolute atomic E-state index is 5.96. The number of hydrogen-bond acceptors (Lipinski definition) is 5. The molecule has 17 heavy (non-hydrogen) atoms. The van der Waals surface area contributed by atoms with Crippen LogP contribution < -0.4 is 4.90 Å². The second-order valence-corrected chi connectivity index (χ2v) is 4.63. The van der Waals surface area contributed by atoms with Crippen molar-refractivity contribution >= 4 is 29.0 Å². The van der Waals surface area contributed by atoms with Crippen molar-refractivity contribution in [3.63, 3.8) is 0 Å². The number of halogens is 2.